The van der Waals surface area contributed by atoms with Gasteiger partial charge < -0.3 is 15.0 Å². The van der Waals surface area contributed by atoms with Gasteiger partial charge in [-0.2, -0.15) is 0 Å². The van der Waals surface area contributed by atoms with E-state index in [1.807, 2.05) is 48.5 Å². The Kier molecular flexibility index (Phi) is 6.22. The first-order valence-corrected chi connectivity index (χ1v) is 10.3. The van der Waals surface area contributed by atoms with Crippen molar-refractivity contribution in [3.63, 3.8) is 0 Å². The second kappa shape index (κ2) is 9.20. The van der Waals surface area contributed by atoms with Gasteiger partial charge >= 0.3 is 0 Å². The molecule has 29 heavy (non-hydrogen) atoms. The minimum Gasteiger partial charge on any atom is -0.379 e. The number of carbonyl (C=O) groups excluding carboxylic acids is 2. The van der Waals surface area contributed by atoms with E-state index < -0.39 is 0 Å². The van der Waals surface area contributed by atoms with Crippen LogP contribution in [0.5, 0.6) is 0 Å². The molecule has 2 heterocycles. The molecule has 1 saturated heterocycles. The zero-order chi connectivity index (χ0) is 20.1. The molecular formula is C23H27N3O3. The first-order chi connectivity index (χ1) is 14.2. The Morgan fingerprint density at radius 1 is 1.07 bits per heavy atom. The number of hydrogen-bond acceptors (Lipinski definition) is 4. The molecule has 2 aromatic rings. The summed E-state index contributed by atoms with van der Waals surface area (Å²) in [5.41, 5.74) is 3.54. The summed E-state index contributed by atoms with van der Waals surface area (Å²) in [6.07, 6.45) is 1.26. The Bertz CT molecular complexity index is 863. The van der Waals surface area contributed by atoms with Gasteiger partial charge in [0.1, 0.15) is 0 Å². The second-order valence-corrected chi connectivity index (χ2v) is 7.55. The van der Waals surface area contributed by atoms with Crippen molar-refractivity contribution in [1.29, 1.82) is 0 Å². The molecule has 6 nitrogen and oxygen atoms in total. The highest BCUT2D eigenvalue weighted by Gasteiger charge is 2.28. The molecule has 1 N–H and O–H groups in total. The van der Waals surface area contributed by atoms with Crippen LogP contribution in [-0.4, -0.2) is 56.1 Å². The minimum absolute atomic E-state index is 0.0759. The van der Waals surface area contributed by atoms with Gasteiger partial charge in [0, 0.05) is 30.9 Å². The summed E-state index contributed by atoms with van der Waals surface area (Å²) >= 11 is 0. The number of rotatable bonds is 7. The number of hydrogen-bond donors (Lipinski definition) is 1. The Hall–Kier alpha value is -2.70. The third-order valence-corrected chi connectivity index (χ3v) is 5.50. The quantitative estimate of drug-likeness (QED) is 0.733. The smallest absolute Gasteiger partial charge is 0.251 e. The molecular weight excluding hydrogens is 366 g/mol. The zero-order valence-electron chi connectivity index (χ0n) is 16.6. The number of benzene rings is 2. The molecule has 2 aliphatic heterocycles. The monoisotopic (exact) mass is 393 g/mol. The highest BCUT2D eigenvalue weighted by atomic mass is 16.5. The molecule has 2 amide bonds. The highest BCUT2D eigenvalue weighted by molar-refractivity contribution is 6.03. The van der Waals surface area contributed by atoms with E-state index in [4.69, 9.17) is 4.74 Å². The van der Waals surface area contributed by atoms with E-state index in [1.165, 1.54) is 0 Å². The Morgan fingerprint density at radius 2 is 1.86 bits per heavy atom. The van der Waals surface area contributed by atoms with Gasteiger partial charge in [-0.3, -0.25) is 14.5 Å². The van der Waals surface area contributed by atoms with E-state index in [0.717, 1.165) is 56.1 Å². The molecule has 6 heteroatoms. The topological polar surface area (TPSA) is 61.9 Å². The van der Waals surface area contributed by atoms with Crippen LogP contribution in [0.1, 0.15) is 27.9 Å². The van der Waals surface area contributed by atoms with Crippen molar-refractivity contribution in [3.8, 4) is 0 Å². The summed E-state index contributed by atoms with van der Waals surface area (Å²) in [6.45, 7) is 5.68. The molecule has 0 aromatic heterocycles. The fourth-order valence-electron chi connectivity index (χ4n) is 3.90. The van der Waals surface area contributed by atoms with E-state index >= 15 is 0 Å². The number of fused-ring (bicyclic) bond motifs is 1. The first kappa shape index (κ1) is 19.6. The minimum atomic E-state index is -0.0799. The predicted octanol–water partition coefficient (Wildman–Crippen LogP) is 2.23. The summed E-state index contributed by atoms with van der Waals surface area (Å²) in [6, 6.07) is 15.5. The van der Waals surface area contributed by atoms with E-state index in [0.29, 0.717) is 25.1 Å². The third kappa shape index (κ3) is 4.83. The van der Waals surface area contributed by atoms with E-state index in [2.05, 4.69) is 10.2 Å². The average molecular weight is 393 g/mol. The van der Waals surface area contributed by atoms with E-state index in [1.54, 1.807) is 4.90 Å². The maximum absolute atomic E-state index is 12.5. The molecule has 1 fully saturated rings. The van der Waals surface area contributed by atoms with Gasteiger partial charge in [-0.1, -0.05) is 30.3 Å². The first-order valence-electron chi connectivity index (χ1n) is 10.3. The SMILES string of the molecule is O=C(NCCCN1CCOCC1)c1ccc2c(c1)CC(=O)N2Cc1ccccc1. The number of anilines is 1. The zero-order valence-corrected chi connectivity index (χ0v) is 16.6. The molecule has 0 atom stereocenters. The van der Waals surface area contributed by atoms with Crippen LogP contribution in [0.25, 0.3) is 0 Å². The molecule has 0 radical (unpaired) electrons. The van der Waals surface area contributed by atoms with Gasteiger partial charge in [0.25, 0.3) is 5.91 Å². The van der Waals surface area contributed by atoms with Crippen LogP contribution in [0, 0.1) is 0 Å². The fourth-order valence-corrected chi connectivity index (χ4v) is 3.90. The van der Waals surface area contributed by atoms with Crippen molar-refractivity contribution < 1.29 is 14.3 Å². The largest absolute Gasteiger partial charge is 0.379 e. The molecule has 0 bridgehead atoms. The van der Waals surface area contributed by atoms with Gasteiger partial charge in [0.2, 0.25) is 5.91 Å². The number of morpholine rings is 1. The molecule has 0 spiro atoms. The summed E-state index contributed by atoms with van der Waals surface area (Å²) in [7, 11) is 0. The maximum Gasteiger partial charge on any atom is 0.251 e. The molecule has 4 rings (SSSR count). The maximum atomic E-state index is 12.5. The molecule has 0 unspecified atom stereocenters. The van der Waals surface area contributed by atoms with E-state index in [9.17, 15) is 9.59 Å². The lowest BCUT2D eigenvalue weighted by Gasteiger charge is -2.26. The van der Waals surface area contributed by atoms with Crippen LogP contribution in [0.3, 0.4) is 0 Å². The lowest BCUT2D eigenvalue weighted by Crippen LogP contribution is -2.38. The van der Waals surface area contributed by atoms with Crippen LogP contribution >= 0.6 is 0 Å². The fraction of sp³-hybridized carbons (Fsp3) is 0.391. The lowest BCUT2D eigenvalue weighted by atomic mass is 10.1. The van der Waals surface area contributed by atoms with Gasteiger partial charge in [0.15, 0.2) is 0 Å². The molecule has 0 saturated carbocycles. The summed E-state index contributed by atoms with van der Waals surface area (Å²) < 4.78 is 5.35. The molecule has 152 valence electrons. The molecule has 2 aromatic carbocycles. The standard InChI is InChI=1S/C23H27N3O3/c27-22-16-20-15-19(23(28)24-9-4-10-25-11-13-29-14-12-25)7-8-21(20)26(22)17-18-5-2-1-3-6-18/h1-3,5-8,15H,4,9-14,16-17H2,(H,24,28). The number of nitrogens with one attached hydrogen (secondary N) is 1. The number of ether oxygens (including phenoxy) is 1. The average Bonchev–Trinajstić information content (AvgIpc) is 3.07. The highest BCUT2D eigenvalue weighted by Crippen LogP contribution is 2.31. The van der Waals surface area contributed by atoms with Crippen molar-refractivity contribution >= 4 is 17.5 Å². The van der Waals surface area contributed by atoms with E-state index in [-0.39, 0.29) is 11.8 Å². The lowest BCUT2D eigenvalue weighted by molar-refractivity contribution is -0.117. The molecule has 0 aliphatic carbocycles. The van der Waals surface area contributed by atoms with Crippen LogP contribution in [0.15, 0.2) is 48.5 Å². The number of nitrogens with zero attached hydrogens (tertiary/aromatic N) is 2. The van der Waals surface area contributed by atoms with Gasteiger partial charge in [-0.05, 0) is 42.3 Å². The molecule has 2 aliphatic rings. The second-order valence-electron chi connectivity index (χ2n) is 7.55. The number of carbonyl (C=O) groups is 2. The normalized spacial score (nSPS) is 16.7. The van der Waals surface area contributed by atoms with Crippen LogP contribution in [0.4, 0.5) is 5.69 Å². The van der Waals surface area contributed by atoms with Crippen molar-refractivity contribution in [2.75, 3.05) is 44.3 Å². The number of amides is 2. The van der Waals surface area contributed by atoms with Crippen molar-refractivity contribution in [2.45, 2.75) is 19.4 Å². The van der Waals surface area contributed by atoms with Crippen LogP contribution < -0.4 is 10.2 Å². The Morgan fingerprint density at radius 3 is 2.66 bits per heavy atom. The van der Waals surface area contributed by atoms with Gasteiger partial charge in [0.05, 0.1) is 26.2 Å². The summed E-state index contributed by atoms with van der Waals surface area (Å²) in [5, 5.41) is 3.00. The predicted molar refractivity (Wildman–Crippen MR) is 112 cm³/mol. The van der Waals surface area contributed by atoms with Crippen molar-refractivity contribution in [3.05, 3.63) is 65.2 Å². The summed E-state index contributed by atoms with van der Waals surface area (Å²) in [4.78, 5) is 29.2. The van der Waals surface area contributed by atoms with Gasteiger partial charge in [-0.25, -0.2) is 0 Å². The van der Waals surface area contributed by atoms with Crippen LogP contribution in [0.2, 0.25) is 0 Å². The summed E-state index contributed by atoms with van der Waals surface area (Å²) in [5.74, 6) is -0.00402. The van der Waals surface area contributed by atoms with Crippen LogP contribution in [-0.2, 0) is 22.5 Å². The van der Waals surface area contributed by atoms with Crippen molar-refractivity contribution in [2.24, 2.45) is 0 Å². The Balaban J connectivity index is 1.32. The van der Waals surface area contributed by atoms with Gasteiger partial charge in [-0.15, -0.1) is 0 Å². The third-order valence-electron chi connectivity index (χ3n) is 5.50. The Labute approximate surface area is 171 Å². The van der Waals surface area contributed by atoms with Crippen molar-refractivity contribution in [1.82, 2.24) is 10.2 Å².